The lowest BCUT2D eigenvalue weighted by Gasteiger charge is -2.22. The van der Waals surface area contributed by atoms with Gasteiger partial charge in [0.1, 0.15) is 17.0 Å². The fourth-order valence-electron chi connectivity index (χ4n) is 3.04. The Bertz CT molecular complexity index is 1170. The molecule has 3 aromatic heterocycles. The quantitative estimate of drug-likeness (QED) is 0.489. The van der Waals surface area contributed by atoms with Crippen LogP contribution in [0.3, 0.4) is 0 Å². The normalized spacial score (nSPS) is 13.7. The molecule has 0 amide bonds. The Morgan fingerprint density at radius 1 is 1.09 bits per heavy atom. The van der Waals surface area contributed by atoms with Gasteiger partial charge in [-0.05, 0) is 26.8 Å². The molecule has 3 heterocycles. The Morgan fingerprint density at radius 2 is 1.78 bits per heavy atom. The number of hydrogen-bond acceptors (Lipinski definition) is 9. The van der Waals surface area contributed by atoms with Crippen LogP contribution in [0, 0.1) is 0 Å². The van der Waals surface area contributed by atoms with E-state index in [9.17, 15) is 8.42 Å². The first-order chi connectivity index (χ1) is 15.2. The second-order valence-corrected chi connectivity index (χ2v) is 9.62. The molecule has 0 unspecified atom stereocenters. The molecule has 2 atom stereocenters. The third kappa shape index (κ3) is 4.97. The maximum atomic E-state index is 13.2. The summed E-state index contributed by atoms with van der Waals surface area (Å²) in [5.41, 5.74) is 0.494. The molecule has 172 valence electrons. The minimum absolute atomic E-state index is 0.0540. The van der Waals surface area contributed by atoms with Gasteiger partial charge in [0.25, 0.3) is 0 Å². The second-order valence-electron chi connectivity index (χ2n) is 7.14. The smallest absolute Gasteiger partial charge is 0.240 e. The monoisotopic (exact) mass is 481 g/mol. The SMILES string of the molecule is COc1cccc(-c2nnc(NS(=O)(=O)[C@@H](C)[C@H](OC)c3ncc(Cl)cn3)n2C(C)C)n1. The summed E-state index contributed by atoms with van der Waals surface area (Å²) in [6.07, 6.45) is 1.83. The van der Waals surface area contributed by atoms with E-state index in [2.05, 4.69) is 29.9 Å². The van der Waals surface area contributed by atoms with Crippen LogP contribution in [0.4, 0.5) is 5.95 Å². The van der Waals surface area contributed by atoms with E-state index in [4.69, 9.17) is 21.1 Å². The zero-order chi connectivity index (χ0) is 23.5. The van der Waals surface area contributed by atoms with Crippen LogP contribution < -0.4 is 9.46 Å². The van der Waals surface area contributed by atoms with Crippen molar-refractivity contribution in [3.05, 3.63) is 41.4 Å². The summed E-state index contributed by atoms with van der Waals surface area (Å²) in [5.74, 6) is 1.05. The standard InChI is InChI=1S/C19H24ClN7O4S/c1-11(2)27-18(14-7-6-8-15(23-14)30-4)24-25-19(27)26-32(28,29)12(3)16(31-5)17-21-9-13(20)10-22-17/h6-12,16H,1-5H3,(H,25,26)/t12-,16-/m0/s1. The Morgan fingerprint density at radius 3 is 2.38 bits per heavy atom. The van der Waals surface area contributed by atoms with Gasteiger partial charge in [-0.2, -0.15) is 0 Å². The van der Waals surface area contributed by atoms with Crippen LogP contribution in [-0.4, -0.2) is 57.6 Å². The van der Waals surface area contributed by atoms with Gasteiger partial charge in [0.2, 0.25) is 21.9 Å². The van der Waals surface area contributed by atoms with E-state index in [1.165, 1.54) is 33.5 Å². The largest absolute Gasteiger partial charge is 0.481 e. The Kier molecular flexibility index (Phi) is 7.26. The predicted octanol–water partition coefficient (Wildman–Crippen LogP) is 2.89. The number of rotatable bonds is 9. The molecule has 0 saturated heterocycles. The number of anilines is 1. The summed E-state index contributed by atoms with van der Waals surface area (Å²) in [4.78, 5) is 12.5. The van der Waals surface area contributed by atoms with Crippen molar-refractivity contribution in [2.45, 2.75) is 38.2 Å². The van der Waals surface area contributed by atoms with Crippen molar-refractivity contribution >= 4 is 27.6 Å². The van der Waals surface area contributed by atoms with Gasteiger partial charge in [-0.3, -0.25) is 9.29 Å². The molecule has 0 bridgehead atoms. The zero-order valence-electron chi connectivity index (χ0n) is 18.2. The molecule has 0 aliphatic heterocycles. The number of aromatic nitrogens is 6. The lowest BCUT2D eigenvalue weighted by atomic mass is 10.2. The van der Waals surface area contributed by atoms with Crippen LogP contribution in [0.25, 0.3) is 11.5 Å². The van der Waals surface area contributed by atoms with E-state index in [0.717, 1.165) is 0 Å². The van der Waals surface area contributed by atoms with Gasteiger partial charge in [-0.25, -0.2) is 23.4 Å². The molecular formula is C19H24ClN7O4S. The molecule has 3 rings (SSSR count). The van der Waals surface area contributed by atoms with Gasteiger partial charge < -0.3 is 9.47 Å². The van der Waals surface area contributed by atoms with E-state index >= 15 is 0 Å². The van der Waals surface area contributed by atoms with Crippen LogP contribution in [0.2, 0.25) is 5.02 Å². The van der Waals surface area contributed by atoms with E-state index in [1.807, 2.05) is 13.8 Å². The summed E-state index contributed by atoms with van der Waals surface area (Å²) in [6.45, 7) is 5.26. The fraction of sp³-hybridized carbons (Fsp3) is 0.421. The van der Waals surface area contributed by atoms with Crippen molar-refractivity contribution in [3.63, 3.8) is 0 Å². The summed E-state index contributed by atoms with van der Waals surface area (Å²) in [7, 11) is -1.08. The minimum Gasteiger partial charge on any atom is -0.481 e. The van der Waals surface area contributed by atoms with Crippen molar-refractivity contribution in [1.29, 1.82) is 0 Å². The summed E-state index contributed by atoms with van der Waals surface area (Å²) >= 11 is 5.83. The lowest BCUT2D eigenvalue weighted by Crippen LogP contribution is -2.33. The molecule has 0 aliphatic carbocycles. The highest BCUT2D eigenvalue weighted by molar-refractivity contribution is 7.93. The van der Waals surface area contributed by atoms with Gasteiger partial charge in [0.15, 0.2) is 11.6 Å². The molecule has 0 fully saturated rings. The Labute approximate surface area is 191 Å². The highest BCUT2D eigenvalue weighted by Gasteiger charge is 2.34. The van der Waals surface area contributed by atoms with Crippen LogP contribution in [0.15, 0.2) is 30.6 Å². The van der Waals surface area contributed by atoms with Crippen LogP contribution in [0.1, 0.15) is 38.7 Å². The Balaban J connectivity index is 1.94. The average molecular weight is 482 g/mol. The summed E-state index contributed by atoms with van der Waals surface area (Å²) in [6, 6.07) is 5.04. The molecule has 13 heteroatoms. The average Bonchev–Trinajstić information content (AvgIpc) is 3.18. The predicted molar refractivity (Wildman–Crippen MR) is 119 cm³/mol. The van der Waals surface area contributed by atoms with Gasteiger partial charge in [-0.15, -0.1) is 10.2 Å². The fourth-order valence-corrected chi connectivity index (χ4v) is 4.27. The maximum absolute atomic E-state index is 13.2. The van der Waals surface area contributed by atoms with E-state index in [1.54, 1.807) is 22.8 Å². The minimum atomic E-state index is -3.98. The summed E-state index contributed by atoms with van der Waals surface area (Å²) in [5, 5.41) is 7.50. The van der Waals surface area contributed by atoms with Crippen LogP contribution in [0.5, 0.6) is 5.88 Å². The van der Waals surface area contributed by atoms with Crippen molar-refractivity contribution in [1.82, 2.24) is 29.7 Å². The number of halogens is 1. The first-order valence-corrected chi connectivity index (χ1v) is 11.6. The van der Waals surface area contributed by atoms with Crippen molar-refractivity contribution < 1.29 is 17.9 Å². The number of nitrogens with zero attached hydrogens (tertiary/aromatic N) is 6. The third-order valence-electron chi connectivity index (χ3n) is 4.67. The first kappa shape index (κ1) is 23.8. The molecule has 3 aromatic rings. The summed E-state index contributed by atoms with van der Waals surface area (Å²) < 4.78 is 41.1. The number of ether oxygens (including phenoxy) is 2. The van der Waals surface area contributed by atoms with Gasteiger partial charge >= 0.3 is 0 Å². The van der Waals surface area contributed by atoms with Crippen molar-refractivity contribution in [2.24, 2.45) is 0 Å². The van der Waals surface area contributed by atoms with Gasteiger partial charge in [0.05, 0.1) is 12.1 Å². The molecule has 11 nitrogen and oxygen atoms in total. The van der Waals surface area contributed by atoms with Crippen LogP contribution >= 0.6 is 11.6 Å². The highest BCUT2D eigenvalue weighted by atomic mass is 35.5. The van der Waals surface area contributed by atoms with Crippen LogP contribution in [-0.2, 0) is 14.8 Å². The molecule has 0 aromatic carbocycles. The highest BCUT2D eigenvalue weighted by Crippen LogP contribution is 2.28. The molecular weight excluding hydrogens is 458 g/mol. The second kappa shape index (κ2) is 9.76. The van der Waals surface area contributed by atoms with E-state index in [-0.39, 0.29) is 17.8 Å². The number of pyridine rings is 1. The molecule has 0 spiro atoms. The zero-order valence-corrected chi connectivity index (χ0v) is 19.8. The molecule has 1 N–H and O–H groups in total. The van der Waals surface area contributed by atoms with E-state index < -0.39 is 21.4 Å². The molecule has 32 heavy (non-hydrogen) atoms. The van der Waals surface area contributed by atoms with E-state index in [0.29, 0.717) is 22.4 Å². The molecule has 0 aliphatic rings. The van der Waals surface area contributed by atoms with Crippen molar-refractivity contribution in [2.75, 3.05) is 18.9 Å². The maximum Gasteiger partial charge on any atom is 0.240 e. The van der Waals surface area contributed by atoms with Gasteiger partial charge in [-0.1, -0.05) is 17.7 Å². The van der Waals surface area contributed by atoms with Crippen molar-refractivity contribution in [3.8, 4) is 17.4 Å². The number of nitrogens with one attached hydrogen (secondary N) is 1. The number of methoxy groups -OCH3 is 2. The Hall–Kier alpha value is -2.83. The number of hydrogen-bond donors (Lipinski definition) is 1. The molecule has 0 saturated carbocycles. The molecule has 0 radical (unpaired) electrons. The number of sulfonamides is 1. The lowest BCUT2D eigenvalue weighted by molar-refractivity contribution is 0.0950. The first-order valence-electron chi connectivity index (χ1n) is 9.66. The van der Waals surface area contributed by atoms with Gasteiger partial charge in [0, 0.05) is 31.6 Å². The third-order valence-corrected chi connectivity index (χ3v) is 6.56. The topological polar surface area (TPSA) is 134 Å².